The van der Waals surface area contributed by atoms with E-state index in [-0.39, 0.29) is 17.4 Å². The van der Waals surface area contributed by atoms with Crippen LogP contribution in [-0.4, -0.2) is 29.8 Å². The number of ketones is 1. The highest BCUT2D eigenvalue weighted by molar-refractivity contribution is 6.00. The van der Waals surface area contributed by atoms with Crippen molar-refractivity contribution in [2.75, 3.05) is 13.1 Å². The highest BCUT2D eigenvalue weighted by atomic mass is 19.1. The number of carbonyl (C=O) groups is 1. The van der Waals surface area contributed by atoms with E-state index in [1.807, 2.05) is 6.92 Å². The average Bonchev–Trinajstić information content (AvgIpc) is 3.31. The van der Waals surface area contributed by atoms with Gasteiger partial charge in [0, 0.05) is 19.2 Å². The van der Waals surface area contributed by atoms with Crippen LogP contribution in [-0.2, 0) is 0 Å². The summed E-state index contributed by atoms with van der Waals surface area (Å²) in [7, 11) is 0. The molecule has 0 radical (unpaired) electrons. The van der Waals surface area contributed by atoms with Gasteiger partial charge in [0.05, 0.1) is 11.6 Å². The predicted molar refractivity (Wildman–Crippen MR) is 77.2 cm³/mol. The van der Waals surface area contributed by atoms with E-state index >= 15 is 0 Å². The summed E-state index contributed by atoms with van der Waals surface area (Å²) in [5.41, 5.74) is 0.000457. The highest BCUT2D eigenvalue weighted by Crippen LogP contribution is 2.34. The minimum atomic E-state index is -0.760. The van der Waals surface area contributed by atoms with Crippen LogP contribution in [0.2, 0.25) is 0 Å². The number of halogens is 2. The van der Waals surface area contributed by atoms with E-state index in [4.69, 9.17) is 0 Å². The Morgan fingerprint density at radius 2 is 1.76 bits per heavy atom. The minimum Gasteiger partial charge on any atom is -0.293 e. The molecule has 2 fully saturated rings. The van der Waals surface area contributed by atoms with E-state index in [2.05, 4.69) is 4.90 Å². The minimum absolute atomic E-state index is 0.000457. The first-order valence-electron chi connectivity index (χ1n) is 7.78. The molecular formula is C17H21F2NO. The lowest BCUT2D eigenvalue weighted by molar-refractivity contribution is 0.0820. The molecular weight excluding hydrogens is 272 g/mol. The topological polar surface area (TPSA) is 20.3 Å². The monoisotopic (exact) mass is 293 g/mol. The fourth-order valence-electron chi connectivity index (χ4n) is 2.74. The average molecular weight is 293 g/mol. The molecule has 2 aliphatic carbocycles. The van der Waals surface area contributed by atoms with Crippen LogP contribution < -0.4 is 0 Å². The normalized spacial score (nSPS) is 19.8. The zero-order chi connectivity index (χ0) is 15.0. The summed E-state index contributed by atoms with van der Waals surface area (Å²) in [6.45, 7) is 3.69. The van der Waals surface area contributed by atoms with Gasteiger partial charge in [-0.3, -0.25) is 9.69 Å². The molecule has 1 atom stereocenters. The second kappa shape index (κ2) is 5.84. The third kappa shape index (κ3) is 3.67. The van der Waals surface area contributed by atoms with Crippen molar-refractivity contribution in [1.82, 2.24) is 4.90 Å². The number of Topliss-reactive ketones (excluding diaryl/α,β-unsaturated/α-hetero) is 1. The molecule has 114 valence electrons. The van der Waals surface area contributed by atoms with Crippen molar-refractivity contribution < 1.29 is 13.6 Å². The van der Waals surface area contributed by atoms with Crippen molar-refractivity contribution in [3.63, 3.8) is 0 Å². The Kier molecular flexibility index (Phi) is 4.07. The predicted octanol–water partition coefficient (Wildman–Crippen LogP) is 3.66. The fourth-order valence-corrected chi connectivity index (χ4v) is 2.74. The van der Waals surface area contributed by atoms with E-state index in [0.717, 1.165) is 25.2 Å². The first-order valence-corrected chi connectivity index (χ1v) is 7.78. The number of hydrogen-bond donors (Lipinski definition) is 0. The molecule has 1 aromatic rings. The van der Waals surface area contributed by atoms with Gasteiger partial charge in [0.25, 0.3) is 0 Å². The Labute approximate surface area is 124 Å². The maximum atomic E-state index is 13.8. The first kappa shape index (κ1) is 14.6. The van der Waals surface area contributed by atoms with Crippen molar-refractivity contribution in [1.29, 1.82) is 0 Å². The van der Waals surface area contributed by atoms with Gasteiger partial charge in [-0.15, -0.1) is 0 Å². The third-order valence-corrected chi connectivity index (χ3v) is 4.50. The Morgan fingerprint density at radius 3 is 2.24 bits per heavy atom. The molecule has 21 heavy (non-hydrogen) atoms. The van der Waals surface area contributed by atoms with E-state index in [1.165, 1.54) is 31.7 Å². The van der Waals surface area contributed by atoms with Gasteiger partial charge in [0.1, 0.15) is 11.6 Å². The summed E-state index contributed by atoms with van der Waals surface area (Å²) in [6, 6.07) is 2.85. The second-order valence-electron chi connectivity index (χ2n) is 6.51. The van der Waals surface area contributed by atoms with Crippen molar-refractivity contribution in [2.45, 2.75) is 38.6 Å². The van der Waals surface area contributed by atoms with Crippen molar-refractivity contribution in [3.8, 4) is 0 Å². The number of rotatable bonds is 7. The molecule has 0 aromatic heterocycles. The molecule has 2 saturated carbocycles. The summed E-state index contributed by atoms with van der Waals surface area (Å²) in [6.07, 6.45) is 4.92. The Balaban J connectivity index is 1.73. The van der Waals surface area contributed by atoms with Gasteiger partial charge in [-0.2, -0.15) is 0 Å². The first-order chi connectivity index (χ1) is 10.0. The zero-order valence-electron chi connectivity index (χ0n) is 12.3. The lowest BCUT2D eigenvalue weighted by atomic mass is 10.0. The molecule has 0 heterocycles. The van der Waals surface area contributed by atoms with Crippen molar-refractivity contribution >= 4 is 5.78 Å². The summed E-state index contributed by atoms with van der Waals surface area (Å²) < 4.78 is 26.8. The summed E-state index contributed by atoms with van der Waals surface area (Å²) in [5.74, 6) is -0.267. The maximum absolute atomic E-state index is 13.8. The van der Waals surface area contributed by atoms with E-state index in [1.54, 1.807) is 0 Å². The molecule has 1 aromatic carbocycles. The largest absolute Gasteiger partial charge is 0.293 e. The van der Waals surface area contributed by atoms with Crippen LogP contribution in [0.15, 0.2) is 18.2 Å². The Morgan fingerprint density at radius 1 is 1.19 bits per heavy atom. The summed E-state index contributed by atoms with van der Waals surface area (Å²) >= 11 is 0. The van der Waals surface area contributed by atoms with E-state index < -0.39 is 11.6 Å². The Bertz CT molecular complexity index is 524. The van der Waals surface area contributed by atoms with Crippen LogP contribution in [0.5, 0.6) is 0 Å². The molecule has 0 bridgehead atoms. The molecule has 0 amide bonds. The molecule has 0 spiro atoms. The van der Waals surface area contributed by atoms with Gasteiger partial charge in [0.2, 0.25) is 0 Å². The van der Waals surface area contributed by atoms with Gasteiger partial charge in [-0.1, -0.05) is 0 Å². The molecule has 2 aliphatic rings. The van der Waals surface area contributed by atoms with E-state index in [9.17, 15) is 13.6 Å². The van der Waals surface area contributed by atoms with Crippen molar-refractivity contribution in [3.05, 3.63) is 35.4 Å². The van der Waals surface area contributed by atoms with Crippen LogP contribution in [0, 0.1) is 23.5 Å². The lowest BCUT2D eigenvalue weighted by Crippen LogP contribution is -2.41. The smallest absolute Gasteiger partial charge is 0.182 e. The van der Waals surface area contributed by atoms with Crippen molar-refractivity contribution in [2.24, 2.45) is 11.8 Å². The zero-order valence-corrected chi connectivity index (χ0v) is 12.3. The van der Waals surface area contributed by atoms with Gasteiger partial charge < -0.3 is 0 Å². The lowest BCUT2D eigenvalue weighted by Gasteiger charge is -2.28. The molecule has 3 rings (SSSR count). The standard InChI is InChI=1S/C17H21F2NO/c1-11(17(21)15-7-6-14(18)8-16(15)19)20(9-12-2-3-12)10-13-4-5-13/h6-8,11-13H,2-5,9-10H2,1H3. The van der Waals surface area contributed by atoms with Gasteiger partial charge >= 0.3 is 0 Å². The van der Waals surface area contributed by atoms with Crippen LogP contribution >= 0.6 is 0 Å². The molecule has 0 N–H and O–H groups in total. The van der Waals surface area contributed by atoms with Gasteiger partial charge in [0.15, 0.2) is 5.78 Å². The summed E-state index contributed by atoms with van der Waals surface area (Å²) in [4.78, 5) is 14.7. The van der Waals surface area contributed by atoms with Crippen LogP contribution in [0.1, 0.15) is 43.0 Å². The quantitative estimate of drug-likeness (QED) is 0.715. The second-order valence-corrected chi connectivity index (χ2v) is 6.51. The van der Waals surface area contributed by atoms with Crippen LogP contribution in [0.25, 0.3) is 0 Å². The number of hydrogen-bond acceptors (Lipinski definition) is 2. The highest BCUT2D eigenvalue weighted by Gasteiger charge is 2.34. The Hall–Kier alpha value is -1.29. The maximum Gasteiger partial charge on any atom is 0.182 e. The SMILES string of the molecule is CC(C(=O)c1ccc(F)cc1F)N(CC1CC1)CC1CC1. The number of carbonyl (C=O) groups excluding carboxylic acids is 1. The van der Waals surface area contributed by atoms with Gasteiger partial charge in [-0.05, 0) is 56.6 Å². The molecule has 2 nitrogen and oxygen atoms in total. The number of benzene rings is 1. The number of nitrogens with zero attached hydrogens (tertiary/aromatic N) is 1. The molecule has 4 heteroatoms. The fraction of sp³-hybridized carbons (Fsp3) is 0.588. The van der Waals surface area contributed by atoms with E-state index in [0.29, 0.717) is 11.8 Å². The van der Waals surface area contributed by atoms with Gasteiger partial charge in [-0.25, -0.2) is 8.78 Å². The summed E-state index contributed by atoms with van der Waals surface area (Å²) in [5, 5.41) is 0. The molecule has 1 unspecified atom stereocenters. The van der Waals surface area contributed by atoms with Crippen LogP contribution in [0.3, 0.4) is 0 Å². The molecule has 0 aliphatic heterocycles. The third-order valence-electron chi connectivity index (χ3n) is 4.50. The molecule has 0 saturated heterocycles. The van der Waals surface area contributed by atoms with Crippen LogP contribution in [0.4, 0.5) is 8.78 Å².